The second-order valence-corrected chi connectivity index (χ2v) is 7.95. The quantitative estimate of drug-likeness (QED) is 0.437. The Morgan fingerprint density at radius 1 is 1.17 bits per heavy atom. The number of carbonyl (C=O) groups is 1. The van der Waals surface area contributed by atoms with Crippen molar-refractivity contribution < 1.29 is 31.1 Å². The van der Waals surface area contributed by atoms with Crippen molar-refractivity contribution in [2.45, 2.75) is 68.4 Å². The maximum Gasteiger partial charge on any atom is 0.407 e. The van der Waals surface area contributed by atoms with Crippen LogP contribution in [0.1, 0.15) is 50.1 Å². The van der Waals surface area contributed by atoms with Crippen molar-refractivity contribution in [2.24, 2.45) is 5.92 Å². The molecule has 0 unspecified atom stereocenters. The van der Waals surface area contributed by atoms with Gasteiger partial charge in [0, 0.05) is 12.3 Å². The van der Waals surface area contributed by atoms with Crippen molar-refractivity contribution in [2.75, 3.05) is 0 Å². The Bertz CT molecular complexity index is 809. The summed E-state index contributed by atoms with van der Waals surface area (Å²) in [5, 5.41) is 4.53. The first kappa shape index (κ1) is 22.4. The van der Waals surface area contributed by atoms with E-state index in [9.17, 15) is 31.1 Å². The topological polar surface area (TPSA) is 45.5 Å². The summed E-state index contributed by atoms with van der Waals surface area (Å²) in [6.07, 6.45) is -4.73. The summed E-state index contributed by atoms with van der Waals surface area (Å²) in [6.45, 7) is 7.12. The van der Waals surface area contributed by atoms with Crippen LogP contribution in [0, 0.1) is 18.3 Å². The van der Waals surface area contributed by atoms with Crippen molar-refractivity contribution in [3.63, 3.8) is 0 Å². The molecule has 2 fully saturated rings. The Kier molecular flexibility index (Phi) is 6.05. The second kappa shape index (κ2) is 8.10. The van der Waals surface area contributed by atoms with E-state index >= 15 is 0 Å². The highest BCUT2D eigenvalue weighted by Gasteiger charge is 2.54. The van der Waals surface area contributed by atoms with Crippen LogP contribution in [-0.2, 0) is 4.79 Å². The number of carbonyl (C=O) groups excluding carboxylic acids is 1. The maximum absolute atomic E-state index is 14.1. The average Bonchev–Trinajstić information content (AvgIpc) is 3.56. The molecule has 1 aromatic rings. The Balaban J connectivity index is 1.80. The fourth-order valence-corrected chi connectivity index (χ4v) is 3.27. The van der Waals surface area contributed by atoms with Crippen LogP contribution < -0.4 is 10.6 Å². The van der Waals surface area contributed by atoms with Crippen LogP contribution in [0.5, 0.6) is 0 Å². The van der Waals surface area contributed by atoms with Gasteiger partial charge in [-0.15, -0.1) is 0 Å². The lowest BCUT2D eigenvalue weighted by Gasteiger charge is -2.28. The molecule has 2 aliphatic carbocycles. The number of nitrogens with zero attached hydrogens (tertiary/aromatic N) is 1. The summed E-state index contributed by atoms with van der Waals surface area (Å²) in [5.41, 5.74) is -1.51. The molecule has 0 aromatic heterocycles. The minimum Gasteiger partial charge on any atom is -0.291 e. The summed E-state index contributed by atoms with van der Waals surface area (Å²) < 4.78 is 82.4. The molecule has 3 rings (SSSR count). The smallest absolute Gasteiger partial charge is 0.291 e. The number of alkyl halides is 5. The number of amides is 1. The predicted octanol–water partition coefficient (Wildman–Crippen LogP) is 4.74. The summed E-state index contributed by atoms with van der Waals surface area (Å²) in [6, 6.07) is -0.392. The van der Waals surface area contributed by atoms with Crippen molar-refractivity contribution >= 4 is 5.91 Å². The number of nitrogens with one attached hydrogen (secondary N) is 2. The average molecular weight is 433 g/mol. The molecule has 2 saturated carbocycles. The molecule has 0 saturated heterocycles. The number of benzene rings is 1. The molecule has 164 valence electrons. The van der Waals surface area contributed by atoms with E-state index in [1.165, 1.54) is 0 Å². The third-order valence-corrected chi connectivity index (χ3v) is 5.45. The van der Waals surface area contributed by atoms with Gasteiger partial charge in [-0.25, -0.2) is 19.7 Å². The molecule has 2 aliphatic rings. The van der Waals surface area contributed by atoms with Crippen LogP contribution in [0.4, 0.5) is 26.3 Å². The normalized spacial score (nSPS) is 20.2. The van der Waals surface area contributed by atoms with Crippen molar-refractivity contribution in [1.82, 2.24) is 10.6 Å². The lowest BCUT2D eigenvalue weighted by molar-refractivity contribution is -0.161. The van der Waals surface area contributed by atoms with Gasteiger partial charge in [-0.05, 0) is 37.0 Å². The van der Waals surface area contributed by atoms with Crippen LogP contribution in [0.25, 0.3) is 4.85 Å². The first-order chi connectivity index (χ1) is 14.0. The number of hydrogen-bond donors (Lipinski definition) is 2. The Hall–Kier alpha value is -2.28. The van der Waals surface area contributed by atoms with Gasteiger partial charge in [0.2, 0.25) is 5.91 Å². The van der Waals surface area contributed by atoms with Gasteiger partial charge in [-0.1, -0.05) is 12.1 Å². The Morgan fingerprint density at radius 3 is 2.23 bits per heavy atom. The second-order valence-electron chi connectivity index (χ2n) is 7.95. The summed E-state index contributed by atoms with van der Waals surface area (Å²) in [5.74, 6) is -5.53. The van der Waals surface area contributed by atoms with E-state index in [-0.39, 0.29) is 5.56 Å². The molecule has 4 nitrogen and oxygen atoms in total. The molecule has 0 spiro atoms. The summed E-state index contributed by atoms with van der Waals surface area (Å²) in [7, 11) is 0. The highest BCUT2D eigenvalue weighted by molar-refractivity contribution is 5.83. The molecule has 0 heterocycles. The van der Waals surface area contributed by atoms with Crippen molar-refractivity contribution in [3.8, 4) is 0 Å². The molecule has 0 bridgehead atoms. The zero-order valence-corrected chi connectivity index (χ0v) is 15.9. The van der Waals surface area contributed by atoms with E-state index in [0.29, 0.717) is 25.7 Å². The van der Waals surface area contributed by atoms with Gasteiger partial charge >= 0.3 is 11.8 Å². The van der Waals surface area contributed by atoms with Crippen LogP contribution in [0.3, 0.4) is 0 Å². The zero-order chi connectivity index (χ0) is 22.2. The number of rotatable bonds is 9. The minimum atomic E-state index is -4.85. The summed E-state index contributed by atoms with van der Waals surface area (Å²) >= 11 is 0. The molecular weight excluding hydrogens is 412 g/mol. The van der Waals surface area contributed by atoms with E-state index < -0.39 is 60.3 Å². The van der Waals surface area contributed by atoms with Gasteiger partial charge < -0.3 is 0 Å². The lowest BCUT2D eigenvalue weighted by Crippen LogP contribution is -2.51. The standard InChI is InChI=1S/C20H21F6N3O/c1-27-18(10-11-18)29-17(30)15(8-9-19(22,23)13-4-5-13)28-16(20(24,25)26)12-2-6-14(21)7-3-12/h2-3,6-7,13,15-16,28H,4-5,8-11H2,(H,29,30)/t15-,16-/m0/s1. The van der Waals surface area contributed by atoms with Crippen molar-refractivity contribution in [1.29, 1.82) is 0 Å². The van der Waals surface area contributed by atoms with E-state index in [1.54, 1.807) is 0 Å². The van der Waals surface area contributed by atoms with E-state index in [1.807, 2.05) is 0 Å². The van der Waals surface area contributed by atoms with Gasteiger partial charge in [-0.3, -0.25) is 20.3 Å². The molecule has 30 heavy (non-hydrogen) atoms. The van der Waals surface area contributed by atoms with Gasteiger partial charge in [0.1, 0.15) is 11.9 Å². The van der Waals surface area contributed by atoms with Crippen LogP contribution in [0.15, 0.2) is 24.3 Å². The van der Waals surface area contributed by atoms with E-state index in [2.05, 4.69) is 15.5 Å². The molecule has 0 radical (unpaired) electrons. The minimum absolute atomic E-state index is 0.345. The monoisotopic (exact) mass is 433 g/mol. The number of halogens is 6. The van der Waals surface area contributed by atoms with E-state index in [0.717, 1.165) is 24.3 Å². The third-order valence-electron chi connectivity index (χ3n) is 5.45. The Morgan fingerprint density at radius 2 is 1.77 bits per heavy atom. The maximum atomic E-state index is 14.1. The van der Waals surface area contributed by atoms with Gasteiger partial charge in [0.25, 0.3) is 5.92 Å². The first-order valence-corrected chi connectivity index (χ1v) is 9.62. The lowest BCUT2D eigenvalue weighted by atomic mass is 10.00. The van der Waals surface area contributed by atoms with Crippen LogP contribution >= 0.6 is 0 Å². The summed E-state index contributed by atoms with van der Waals surface area (Å²) in [4.78, 5) is 15.9. The molecule has 1 aromatic carbocycles. The fourth-order valence-electron chi connectivity index (χ4n) is 3.27. The predicted molar refractivity (Wildman–Crippen MR) is 95.7 cm³/mol. The largest absolute Gasteiger partial charge is 0.407 e. The molecule has 10 heteroatoms. The highest BCUT2D eigenvalue weighted by atomic mass is 19.4. The third kappa shape index (κ3) is 5.45. The van der Waals surface area contributed by atoms with Gasteiger partial charge in [0.15, 0.2) is 0 Å². The highest BCUT2D eigenvalue weighted by Crippen LogP contribution is 2.46. The first-order valence-electron chi connectivity index (χ1n) is 9.62. The van der Waals surface area contributed by atoms with Crippen molar-refractivity contribution in [3.05, 3.63) is 47.1 Å². The van der Waals surface area contributed by atoms with Crippen LogP contribution in [-0.4, -0.2) is 29.7 Å². The van der Waals surface area contributed by atoms with E-state index in [4.69, 9.17) is 6.57 Å². The molecular formula is C20H21F6N3O. The molecule has 1 amide bonds. The Labute approximate surface area is 169 Å². The number of hydrogen-bond acceptors (Lipinski definition) is 2. The van der Waals surface area contributed by atoms with Gasteiger partial charge in [0.05, 0.1) is 18.9 Å². The SMILES string of the molecule is [C-]#[N+]C1(NC(=O)[C@H](CCC(F)(F)C2CC2)N[C@@H](c2ccc(F)cc2)C(F)(F)F)CC1. The molecule has 0 aliphatic heterocycles. The fraction of sp³-hybridized carbons (Fsp3) is 0.600. The van der Waals surface area contributed by atoms with Gasteiger partial charge in [-0.2, -0.15) is 13.2 Å². The van der Waals surface area contributed by atoms with Crippen LogP contribution in [0.2, 0.25) is 0 Å². The molecule has 2 atom stereocenters. The molecule has 2 N–H and O–H groups in total. The zero-order valence-electron chi connectivity index (χ0n) is 15.9.